The number of aliphatic carboxylic acids is 1. The third kappa shape index (κ3) is 6.41. The largest absolute Gasteiger partial charge is 0.490 e. The lowest BCUT2D eigenvalue weighted by Crippen LogP contribution is -2.43. The Kier molecular flexibility index (Phi) is 7.50. The second-order valence-electron chi connectivity index (χ2n) is 7.38. The van der Waals surface area contributed by atoms with E-state index in [9.17, 15) is 13.2 Å². The summed E-state index contributed by atoms with van der Waals surface area (Å²) in [5.41, 5.74) is 1.33. The summed E-state index contributed by atoms with van der Waals surface area (Å²) in [4.78, 5) is 19.6. The van der Waals surface area contributed by atoms with E-state index in [1.54, 1.807) is 0 Å². The Bertz CT molecular complexity index is 953. The fraction of sp³-hybridized carbons (Fsp3) is 0.364. The van der Waals surface area contributed by atoms with Crippen molar-refractivity contribution >= 4 is 33.1 Å². The summed E-state index contributed by atoms with van der Waals surface area (Å²) < 4.78 is 33.0. The van der Waals surface area contributed by atoms with Crippen LogP contribution in [0.25, 0.3) is 10.1 Å². The van der Waals surface area contributed by atoms with Gasteiger partial charge in [0.15, 0.2) is 0 Å². The van der Waals surface area contributed by atoms with Gasteiger partial charge in [0.2, 0.25) is 0 Å². The first-order valence-electron chi connectivity index (χ1n) is 9.87. The Balaban J connectivity index is 0.000000339. The molecule has 1 saturated heterocycles. The molecular weight excluding hydrogens is 427 g/mol. The SMILES string of the molecule is CN(c1ccccc1)C1CCN(Cc2cc3ccncc3s2)CC1.O=C(O)C(F)(F)F. The molecule has 0 aliphatic carbocycles. The molecule has 4 rings (SSSR count). The zero-order valence-corrected chi connectivity index (χ0v) is 17.9. The highest BCUT2D eigenvalue weighted by molar-refractivity contribution is 7.19. The number of likely N-dealkylation sites (tertiary alicyclic amines) is 1. The first-order chi connectivity index (χ1) is 14.7. The molecule has 0 atom stereocenters. The molecule has 0 saturated carbocycles. The molecule has 1 aliphatic rings. The number of rotatable bonds is 4. The number of piperidine rings is 1. The lowest BCUT2D eigenvalue weighted by atomic mass is 10.0. The number of alkyl halides is 3. The number of hydrogen-bond acceptors (Lipinski definition) is 5. The molecule has 1 N–H and O–H groups in total. The third-order valence-corrected chi connectivity index (χ3v) is 6.33. The molecule has 1 aliphatic heterocycles. The van der Waals surface area contributed by atoms with Crippen LogP contribution >= 0.6 is 11.3 Å². The number of halogens is 3. The number of aromatic nitrogens is 1. The predicted octanol–water partition coefficient (Wildman–Crippen LogP) is 5.03. The minimum absolute atomic E-state index is 0.648. The topological polar surface area (TPSA) is 56.7 Å². The van der Waals surface area contributed by atoms with E-state index in [1.807, 2.05) is 23.7 Å². The zero-order valence-electron chi connectivity index (χ0n) is 17.0. The van der Waals surface area contributed by atoms with E-state index in [-0.39, 0.29) is 0 Å². The van der Waals surface area contributed by atoms with Crippen LogP contribution in [0.15, 0.2) is 54.9 Å². The number of benzene rings is 1. The number of carbonyl (C=O) groups is 1. The monoisotopic (exact) mass is 451 g/mol. The molecule has 1 fully saturated rings. The normalized spacial score (nSPS) is 15.4. The van der Waals surface area contributed by atoms with Gasteiger partial charge in [-0.05, 0) is 42.5 Å². The van der Waals surface area contributed by atoms with Gasteiger partial charge in [-0.25, -0.2) is 4.79 Å². The van der Waals surface area contributed by atoms with Crippen molar-refractivity contribution in [2.75, 3.05) is 25.0 Å². The Morgan fingerprint density at radius 1 is 1.23 bits per heavy atom. The van der Waals surface area contributed by atoms with Gasteiger partial charge in [-0.2, -0.15) is 13.2 Å². The maximum absolute atomic E-state index is 10.6. The van der Waals surface area contributed by atoms with Crippen molar-refractivity contribution < 1.29 is 23.1 Å². The molecule has 3 heterocycles. The molecule has 1 aromatic carbocycles. The van der Waals surface area contributed by atoms with Gasteiger partial charge in [-0.1, -0.05) is 18.2 Å². The number of nitrogens with zero attached hydrogens (tertiary/aromatic N) is 3. The van der Waals surface area contributed by atoms with Crippen LogP contribution in [0.2, 0.25) is 0 Å². The Labute approximate surface area is 182 Å². The maximum Gasteiger partial charge on any atom is 0.490 e. The summed E-state index contributed by atoms with van der Waals surface area (Å²) in [5.74, 6) is -2.76. The number of pyridine rings is 1. The molecule has 5 nitrogen and oxygen atoms in total. The molecular formula is C22H24F3N3O2S. The highest BCUT2D eigenvalue weighted by Gasteiger charge is 2.38. The van der Waals surface area contributed by atoms with E-state index in [0.717, 1.165) is 6.54 Å². The van der Waals surface area contributed by atoms with E-state index in [2.05, 4.69) is 64.3 Å². The number of carboxylic acids is 1. The molecule has 3 aromatic rings. The van der Waals surface area contributed by atoms with Crippen LogP contribution in [0.4, 0.5) is 18.9 Å². The molecule has 0 bridgehead atoms. The Hall–Kier alpha value is -2.65. The summed E-state index contributed by atoms with van der Waals surface area (Å²) in [7, 11) is 2.23. The van der Waals surface area contributed by atoms with Crippen LogP contribution in [0.5, 0.6) is 0 Å². The minimum atomic E-state index is -5.08. The molecule has 166 valence electrons. The van der Waals surface area contributed by atoms with Crippen LogP contribution in [0.3, 0.4) is 0 Å². The van der Waals surface area contributed by atoms with Gasteiger partial charge in [0.25, 0.3) is 0 Å². The number of hydrogen-bond donors (Lipinski definition) is 1. The predicted molar refractivity (Wildman–Crippen MR) is 116 cm³/mol. The highest BCUT2D eigenvalue weighted by atomic mass is 32.1. The van der Waals surface area contributed by atoms with Crippen molar-refractivity contribution in [1.29, 1.82) is 0 Å². The van der Waals surface area contributed by atoms with Crippen molar-refractivity contribution in [2.24, 2.45) is 0 Å². The van der Waals surface area contributed by atoms with Gasteiger partial charge in [-0.3, -0.25) is 9.88 Å². The van der Waals surface area contributed by atoms with Crippen molar-refractivity contribution in [3.8, 4) is 0 Å². The lowest BCUT2D eigenvalue weighted by Gasteiger charge is -2.37. The average Bonchev–Trinajstić information content (AvgIpc) is 3.16. The van der Waals surface area contributed by atoms with Crippen molar-refractivity contribution in [3.63, 3.8) is 0 Å². The lowest BCUT2D eigenvalue weighted by molar-refractivity contribution is -0.192. The molecule has 0 spiro atoms. The van der Waals surface area contributed by atoms with E-state index in [4.69, 9.17) is 9.90 Å². The minimum Gasteiger partial charge on any atom is -0.475 e. The summed E-state index contributed by atoms with van der Waals surface area (Å²) in [6.45, 7) is 3.42. The molecule has 31 heavy (non-hydrogen) atoms. The van der Waals surface area contributed by atoms with Gasteiger partial charge < -0.3 is 10.0 Å². The van der Waals surface area contributed by atoms with Crippen molar-refractivity contribution in [3.05, 3.63) is 59.7 Å². The number of thiophene rings is 1. The first kappa shape index (κ1) is 23.0. The van der Waals surface area contributed by atoms with Crippen molar-refractivity contribution in [1.82, 2.24) is 9.88 Å². The van der Waals surface area contributed by atoms with Crippen LogP contribution in [0.1, 0.15) is 17.7 Å². The first-order valence-corrected chi connectivity index (χ1v) is 10.7. The third-order valence-electron chi connectivity index (χ3n) is 5.26. The molecule has 2 aromatic heterocycles. The number of para-hydroxylation sites is 1. The van der Waals surface area contributed by atoms with Gasteiger partial charge in [0.1, 0.15) is 0 Å². The second kappa shape index (κ2) is 10.1. The summed E-state index contributed by atoms with van der Waals surface area (Å²) in [5, 5.41) is 8.45. The van der Waals surface area contributed by atoms with E-state index < -0.39 is 12.1 Å². The fourth-order valence-corrected chi connectivity index (χ4v) is 4.65. The molecule has 0 unspecified atom stereocenters. The standard InChI is InChI=1S/C20H23N3S.C2HF3O2/c1-22(17-5-3-2-4-6-17)18-8-11-23(12-9-18)15-19-13-16-7-10-21-14-20(16)24-19;3-2(4,5)1(6)7/h2-7,10,13-14,18H,8-9,11-12,15H2,1H3;(H,6,7). The molecule has 0 amide bonds. The van der Waals surface area contributed by atoms with E-state index >= 15 is 0 Å². The average molecular weight is 452 g/mol. The maximum atomic E-state index is 10.6. The molecule has 0 radical (unpaired) electrons. The van der Waals surface area contributed by atoms with E-state index in [0.29, 0.717) is 6.04 Å². The number of carboxylic acid groups (broad SMARTS) is 1. The summed E-state index contributed by atoms with van der Waals surface area (Å²) >= 11 is 1.88. The van der Waals surface area contributed by atoms with E-state index in [1.165, 1.54) is 46.6 Å². The molecule has 9 heteroatoms. The summed E-state index contributed by atoms with van der Waals surface area (Å²) in [6.07, 6.45) is 1.24. The van der Waals surface area contributed by atoms with Crippen LogP contribution < -0.4 is 4.90 Å². The van der Waals surface area contributed by atoms with Gasteiger partial charge in [0.05, 0.1) is 4.70 Å². The Morgan fingerprint density at radius 2 is 1.87 bits per heavy atom. The van der Waals surface area contributed by atoms with Crippen LogP contribution in [-0.2, 0) is 11.3 Å². The zero-order chi connectivity index (χ0) is 22.4. The quantitative estimate of drug-likeness (QED) is 0.603. The van der Waals surface area contributed by atoms with Crippen molar-refractivity contribution in [2.45, 2.75) is 31.6 Å². The smallest absolute Gasteiger partial charge is 0.475 e. The van der Waals surface area contributed by atoms with Gasteiger partial charge in [-0.15, -0.1) is 11.3 Å². The van der Waals surface area contributed by atoms with Crippen LogP contribution in [0, 0.1) is 0 Å². The van der Waals surface area contributed by atoms with Gasteiger partial charge in [0, 0.05) is 55.7 Å². The number of anilines is 1. The Morgan fingerprint density at radius 3 is 2.45 bits per heavy atom. The number of fused-ring (bicyclic) bond motifs is 1. The second-order valence-corrected chi connectivity index (χ2v) is 8.55. The fourth-order valence-electron chi connectivity index (χ4n) is 3.58. The highest BCUT2D eigenvalue weighted by Crippen LogP contribution is 2.27. The van der Waals surface area contributed by atoms with Crippen LogP contribution in [-0.4, -0.2) is 53.3 Å². The summed E-state index contributed by atoms with van der Waals surface area (Å²) in [6, 6.07) is 15.8. The van der Waals surface area contributed by atoms with Gasteiger partial charge >= 0.3 is 12.1 Å².